The van der Waals surface area contributed by atoms with Gasteiger partial charge in [0.2, 0.25) is 0 Å². The minimum absolute atomic E-state index is 0.154. The molecule has 0 heterocycles. The summed E-state index contributed by atoms with van der Waals surface area (Å²) in [6.45, 7) is 1.25. The first-order valence-corrected chi connectivity index (χ1v) is 8.12. The van der Waals surface area contributed by atoms with Gasteiger partial charge < -0.3 is 16.0 Å². The normalized spacial score (nSPS) is 10.0. The number of halogens is 1. The van der Waals surface area contributed by atoms with Crippen LogP contribution in [0, 0.1) is 0 Å². The smallest absolute Gasteiger partial charge is 0.314 e. The van der Waals surface area contributed by atoms with Crippen LogP contribution in [0.4, 0.5) is 4.79 Å². The van der Waals surface area contributed by atoms with E-state index in [1.807, 2.05) is 30.3 Å². The number of hydrogen-bond donors (Lipinski definition) is 3. The SMILES string of the molecule is O=C(NCCNC(=O)c1ccccc1)NCCc1cccc(Cl)c1. The van der Waals surface area contributed by atoms with Gasteiger partial charge in [-0.25, -0.2) is 4.79 Å². The molecule has 2 aromatic carbocycles. The van der Waals surface area contributed by atoms with E-state index in [1.54, 1.807) is 24.3 Å². The van der Waals surface area contributed by atoms with E-state index >= 15 is 0 Å². The van der Waals surface area contributed by atoms with Crippen LogP contribution in [0.5, 0.6) is 0 Å². The van der Waals surface area contributed by atoms with Crippen molar-refractivity contribution in [3.05, 3.63) is 70.7 Å². The molecule has 0 aromatic heterocycles. The molecule has 0 saturated heterocycles. The molecule has 0 atom stereocenters. The van der Waals surface area contributed by atoms with Crippen molar-refractivity contribution in [3.8, 4) is 0 Å². The van der Waals surface area contributed by atoms with Crippen LogP contribution in [0.15, 0.2) is 54.6 Å². The van der Waals surface area contributed by atoms with Crippen molar-refractivity contribution in [3.63, 3.8) is 0 Å². The summed E-state index contributed by atoms with van der Waals surface area (Å²) >= 11 is 5.91. The maximum Gasteiger partial charge on any atom is 0.314 e. The predicted molar refractivity (Wildman–Crippen MR) is 95.3 cm³/mol. The highest BCUT2D eigenvalue weighted by molar-refractivity contribution is 6.30. The van der Waals surface area contributed by atoms with E-state index in [9.17, 15) is 9.59 Å². The third-order valence-electron chi connectivity index (χ3n) is 3.32. The zero-order chi connectivity index (χ0) is 17.2. The monoisotopic (exact) mass is 345 g/mol. The van der Waals surface area contributed by atoms with Crippen LogP contribution in [0.2, 0.25) is 5.02 Å². The first kappa shape index (κ1) is 17.8. The van der Waals surface area contributed by atoms with Crippen LogP contribution in [-0.2, 0) is 6.42 Å². The van der Waals surface area contributed by atoms with Crippen molar-refractivity contribution in [1.82, 2.24) is 16.0 Å². The molecule has 0 bridgehead atoms. The van der Waals surface area contributed by atoms with E-state index in [1.165, 1.54) is 0 Å². The van der Waals surface area contributed by atoms with Crippen molar-refractivity contribution in [1.29, 1.82) is 0 Å². The predicted octanol–water partition coefficient (Wildman–Crippen LogP) is 2.61. The van der Waals surface area contributed by atoms with Crippen molar-refractivity contribution in [2.24, 2.45) is 0 Å². The Morgan fingerprint density at radius 1 is 0.833 bits per heavy atom. The molecule has 0 unspecified atom stereocenters. The molecule has 2 rings (SSSR count). The lowest BCUT2D eigenvalue weighted by molar-refractivity contribution is 0.0954. The van der Waals surface area contributed by atoms with Gasteiger partial charge in [-0.3, -0.25) is 4.79 Å². The number of nitrogens with one attached hydrogen (secondary N) is 3. The van der Waals surface area contributed by atoms with Gasteiger partial charge in [0.1, 0.15) is 0 Å². The molecule has 2 aromatic rings. The van der Waals surface area contributed by atoms with Crippen LogP contribution in [-0.4, -0.2) is 31.6 Å². The second-order valence-corrected chi connectivity index (χ2v) is 5.62. The highest BCUT2D eigenvalue weighted by Gasteiger charge is 2.04. The molecule has 0 radical (unpaired) electrons. The number of carbonyl (C=O) groups excluding carboxylic acids is 2. The fourth-order valence-corrected chi connectivity index (χ4v) is 2.33. The Kier molecular flexibility index (Phi) is 7.11. The lowest BCUT2D eigenvalue weighted by Gasteiger charge is -2.09. The molecule has 0 saturated carbocycles. The molecule has 3 N–H and O–H groups in total. The van der Waals surface area contributed by atoms with Crippen molar-refractivity contribution in [2.75, 3.05) is 19.6 Å². The number of benzene rings is 2. The minimum atomic E-state index is -0.258. The Balaban J connectivity index is 1.57. The zero-order valence-electron chi connectivity index (χ0n) is 13.2. The minimum Gasteiger partial charge on any atom is -0.350 e. The second kappa shape index (κ2) is 9.57. The Morgan fingerprint density at radius 3 is 2.29 bits per heavy atom. The Labute approximate surface area is 146 Å². The molecule has 0 spiro atoms. The maximum absolute atomic E-state index is 11.8. The van der Waals surface area contributed by atoms with E-state index in [4.69, 9.17) is 11.6 Å². The molecule has 5 nitrogen and oxygen atoms in total. The zero-order valence-corrected chi connectivity index (χ0v) is 14.0. The summed E-state index contributed by atoms with van der Waals surface area (Å²) in [4.78, 5) is 23.4. The first-order valence-electron chi connectivity index (χ1n) is 7.74. The number of rotatable bonds is 7. The van der Waals surface area contributed by atoms with Gasteiger partial charge >= 0.3 is 6.03 Å². The fourth-order valence-electron chi connectivity index (χ4n) is 2.12. The molecule has 0 aliphatic carbocycles. The van der Waals surface area contributed by atoms with E-state index in [2.05, 4.69) is 16.0 Å². The summed E-state index contributed by atoms with van der Waals surface area (Å²) in [7, 11) is 0. The molecule has 126 valence electrons. The molecular formula is C18H20ClN3O2. The number of urea groups is 1. The van der Waals surface area contributed by atoms with Gasteiger partial charge in [0.05, 0.1) is 0 Å². The fraction of sp³-hybridized carbons (Fsp3) is 0.222. The standard InChI is InChI=1S/C18H20ClN3O2/c19-16-8-4-5-14(13-16)9-10-21-18(24)22-12-11-20-17(23)15-6-2-1-3-7-15/h1-8,13H,9-12H2,(H,20,23)(H2,21,22,24). The number of amides is 3. The van der Waals surface area contributed by atoms with Gasteiger partial charge in [0.15, 0.2) is 0 Å². The maximum atomic E-state index is 11.8. The molecular weight excluding hydrogens is 326 g/mol. The van der Waals surface area contributed by atoms with Gasteiger partial charge in [-0.1, -0.05) is 41.9 Å². The van der Waals surface area contributed by atoms with E-state index in [0.717, 1.165) is 5.56 Å². The van der Waals surface area contributed by atoms with Crippen LogP contribution in [0.1, 0.15) is 15.9 Å². The molecule has 0 aliphatic heterocycles. The van der Waals surface area contributed by atoms with Crippen LogP contribution in [0.25, 0.3) is 0 Å². The van der Waals surface area contributed by atoms with Crippen molar-refractivity contribution >= 4 is 23.5 Å². The van der Waals surface area contributed by atoms with E-state index < -0.39 is 0 Å². The third-order valence-corrected chi connectivity index (χ3v) is 3.56. The third kappa shape index (κ3) is 6.30. The van der Waals surface area contributed by atoms with Gasteiger partial charge in [0.25, 0.3) is 5.91 Å². The Bertz CT molecular complexity index is 677. The van der Waals surface area contributed by atoms with E-state index in [0.29, 0.717) is 36.6 Å². The van der Waals surface area contributed by atoms with Crippen LogP contribution in [0.3, 0.4) is 0 Å². The average molecular weight is 346 g/mol. The second-order valence-electron chi connectivity index (χ2n) is 5.18. The summed E-state index contributed by atoms with van der Waals surface area (Å²) in [5.74, 6) is -0.154. The number of carbonyl (C=O) groups is 2. The van der Waals surface area contributed by atoms with Crippen molar-refractivity contribution in [2.45, 2.75) is 6.42 Å². The highest BCUT2D eigenvalue weighted by atomic mass is 35.5. The Hall–Kier alpha value is -2.53. The quantitative estimate of drug-likeness (QED) is 0.675. The molecule has 3 amide bonds. The van der Waals surface area contributed by atoms with Crippen LogP contribution < -0.4 is 16.0 Å². The molecule has 0 aliphatic rings. The lowest BCUT2D eigenvalue weighted by atomic mass is 10.1. The van der Waals surface area contributed by atoms with Gasteiger partial charge in [-0.15, -0.1) is 0 Å². The summed E-state index contributed by atoms with van der Waals surface area (Å²) in [5, 5.41) is 8.89. The molecule has 0 fully saturated rings. The lowest BCUT2D eigenvalue weighted by Crippen LogP contribution is -2.40. The summed E-state index contributed by atoms with van der Waals surface area (Å²) < 4.78 is 0. The Morgan fingerprint density at radius 2 is 1.54 bits per heavy atom. The first-order chi connectivity index (χ1) is 11.6. The number of hydrogen-bond acceptors (Lipinski definition) is 2. The highest BCUT2D eigenvalue weighted by Crippen LogP contribution is 2.10. The molecule has 6 heteroatoms. The topological polar surface area (TPSA) is 70.2 Å². The molecule has 24 heavy (non-hydrogen) atoms. The van der Waals surface area contributed by atoms with Crippen molar-refractivity contribution < 1.29 is 9.59 Å². The average Bonchev–Trinajstić information content (AvgIpc) is 2.59. The summed E-state index contributed by atoms with van der Waals surface area (Å²) in [5.41, 5.74) is 1.67. The summed E-state index contributed by atoms with van der Waals surface area (Å²) in [6, 6.07) is 16.2. The largest absolute Gasteiger partial charge is 0.350 e. The van der Waals surface area contributed by atoms with E-state index in [-0.39, 0.29) is 11.9 Å². The van der Waals surface area contributed by atoms with Gasteiger partial charge in [-0.2, -0.15) is 0 Å². The van der Waals surface area contributed by atoms with Gasteiger partial charge in [-0.05, 0) is 36.2 Å². The van der Waals surface area contributed by atoms with Crippen LogP contribution >= 0.6 is 11.6 Å². The summed E-state index contributed by atoms with van der Waals surface area (Å²) in [6.07, 6.45) is 0.707. The van der Waals surface area contributed by atoms with Gasteiger partial charge in [0, 0.05) is 30.2 Å².